The Kier molecular flexibility index (Phi) is 7.01. The zero-order valence-corrected chi connectivity index (χ0v) is 8.94. The van der Waals surface area contributed by atoms with Crippen LogP contribution in [-0.2, 0) is 0 Å². The Morgan fingerprint density at radius 1 is 1.07 bits per heavy atom. The van der Waals surface area contributed by atoms with Gasteiger partial charge < -0.3 is 11.5 Å². The Morgan fingerprint density at radius 2 is 1.50 bits per heavy atom. The van der Waals surface area contributed by atoms with Gasteiger partial charge in [0.15, 0.2) is 0 Å². The van der Waals surface area contributed by atoms with E-state index in [9.17, 15) is 8.78 Å². The van der Waals surface area contributed by atoms with E-state index >= 15 is 0 Å². The SMILES string of the molecule is CCC(F)(F)C(CCCN)CCCN. The molecule has 0 aromatic heterocycles. The van der Waals surface area contributed by atoms with E-state index in [-0.39, 0.29) is 6.42 Å². The van der Waals surface area contributed by atoms with Crippen LogP contribution in [0, 0.1) is 5.92 Å². The molecule has 0 bridgehead atoms. The van der Waals surface area contributed by atoms with Gasteiger partial charge >= 0.3 is 0 Å². The van der Waals surface area contributed by atoms with Gasteiger partial charge in [-0.25, -0.2) is 8.78 Å². The highest BCUT2D eigenvalue weighted by molar-refractivity contribution is 4.76. The minimum absolute atomic E-state index is 0.0905. The average molecular weight is 208 g/mol. The lowest BCUT2D eigenvalue weighted by atomic mass is 9.89. The van der Waals surface area contributed by atoms with Gasteiger partial charge in [-0.15, -0.1) is 0 Å². The van der Waals surface area contributed by atoms with Crippen molar-refractivity contribution in [1.82, 2.24) is 0 Å². The molecule has 0 spiro atoms. The van der Waals surface area contributed by atoms with Crippen molar-refractivity contribution in [2.45, 2.75) is 45.0 Å². The second-order valence-corrected chi connectivity index (χ2v) is 3.67. The van der Waals surface area contributed by atoms with Crippen LogP contribution in [0.4, 0.5) is 8.78 Å². The fourth-order valence-electron chi connectivity index (χ4n) is 1.58. The monoisotopic (exact) mass is 208 g/mol. The molecule has 0 aromatic rings. The maximum Gasteiger partial charge on any atom is 0.250 e. The molecule has 0 aliphatic carbocycles. The van der Waals surface area contributed by atoms with Crippen LogP contribution in [-0.4, -0.2) is 19.0 Å². The van der Waals surface area contributed by atoms with Crippen molar-refractivity contribution in [2.24, 2.45) is 17.4 Å². The molecule has 0 fully saturated rings. The molecule has 0 rings (SSSR count). The topological polar surface area (TPSA) is 52.0 Å². The molecule has 0 heterocycles. The Morgan fingerprint density at radius 3 is 1.79 bits per heavy atom. The molecule has 0 aliphatic heterocycles. The van der Waals surface area contributed by atoms with Crippen LogP contribution in [0.2, 0.25) is 0 Å². The van der Waals surface area contributed by atoms with E-state index in [0.717, 1.165) is 0 Å². The summed E-state index contributed by atoms with van der Waals surface area (Å²) in [6.07, 6.45) is 2.27. The molecule has 2 nitrogen and oxygen atoms in total. The molecule has 0 saturated heterocycles. The van der Waals surface area contributed by atoms with Crippen molar-refractivity contribution in [3.63, 3.8) is 0 Å². The predicted molar refractivity (Wildman–Crippen MR) is 55.3 cm³/mol. The van der Waals surface area contributed by atoms with Crippen molar-refractivity contribution in [3.05, 3.63) is 0 Å². The first-order valence-corrected chi connectivity index (χ1v) is 5.36. The molecule has 0 amide bonds. The summed E-state index contributed by atoms with van der Waals surface area (Å²) in [5.74, 6) is -3.09. The maximum absolute atomic E-state index is 13.4. The second-order valence-electron chi connectivity index (χ2n) is 3.67. The van der Waals surface area contributed by atoms with E-state index in [4.69, 9.17) is 11.5 Å². The van der Waals surface area contributed by atoms with E-state index in [0.29, 0.717) is 38.8 Å². The molecule has 86 valence electrons. The summed E-state index contributed by atoms with van der Waals surface area (Å²) in [5.41, 5.74) is 10.6. The van der Waals surface area contributed by atoms with E-state index < -0.39 is 11.8 Å². The third-order valence-corrected chi connectivity index (χ3v) is 2.58. The first-order chi connectivity index (χ1) is 6.58. The van der Waals surface area contributed by atoms with Crippen LogP contribution in [0.1, 0.15) is 39.0 Å². The van der Waals surface area contributed by atoms with Gasteiger partial charge in [0.25, 0.3) is 5.92 Å². The highest BCUT2D eigenvalue weighted by atomic mass is 19.3. The quantitative estimate of drug-likeness (QED) is 0.642. The Hall–Kier alpha value is -0.220. The summed E-state index contributed by atoms with van der Waals surface area (Å²) >= 11 is 0. The molecule has 0 aromatic carbocycles. The van der Waals surface area contributed by atoms with Crippen LogP contribution in [0.3, 0.4) is 0 Å². The van der Waals surface area contributed by atoms with Crippen molar-refractivity contribution in [3.8, 4) is 0 Å². The van der Waals surface area contributed by atoms with Crippen LogP contribution >= 0.6 is 0 Å². The van der Waals surface area contributed by atoms with Crippen molar-refractivity contribution in [1.29, 1.82) is 0 Å². The van der Waals surface area contributed by atoms with E-state index in [1.807, 2.05) is 0 Å². The summed E-state index contributed by atoms with van der Waals surface area (Å²) in [6, 6.07) is 0. The van der Waals surface area contributed by atoms with Crippen LogP contribution in [0.15, 0.2) is 0 Å². The predicted octanol–water partition coefficient (Wildman–Crippen LogP) is 2.13. The minimum Gasteiger partial charge on any atom is -0.330 e. The van der Waals surface area contributed by atoms with Crippen molar-refractivity contribution >= 4 is 0 Å². The molecule has 4 heteroatoms. The summed E-state index contributed by atoms with van der Waals surface area (Å²) in [5, 5.41) is 0. The molecular weight excluding hydrogens is 186 g/mol. The molecule has 0 aliphatic rings. The Balaban J connectivity index is 4.08. The van der Waals surface area contributed by atoms with Gasteiger partial charge in [-0.05, 0) is 38.8 Å². The van der Waals surface area contributed by atoms with Gasteiger partial charge in [-0.2, -0.15) is 0 Å². The molecular formula is C10H22F2N2. The van der Waals surface area contributed by atoms with Gasteiger partial charge in [-0.3, -0.25) is 0 Å². The van der Waals surface area contributed by atoms with Crippen LogP contribution < -0.4 is 11.5 Å². The first kappa shape index (κ1) is 13.8. The largest absolute Gasteiger partial charge is 0.330 e. The fourth-order valence-corrected chi connectivity index (χ4v) is 1.58. The van der Waals surface area contributed by atoms with Gasteiger partial charge in [0.1, 0.15) is 0 Å². The average Bonchev–Trinajstić information content (AvgIpc) is 2.17. The first-order valence-electron chi connectivity index (χ1n) is 5.36. The fraction of sp³-hybridized carbons (Fsp3) is 1.00. The Bertz CT molecular complexity index is 132. The molecule has 0 saturated carbocycles. The molecule has 4 N–H and O–H groups in total. The van der Waals surface area contributed by atoms with Gasteiger partial charge in [0.2, 0.25) is 0 Å². The van der Waals surface area contributed by atoms with Gasteiger partial charge in [0, 0.05) is 12.3 Å². The summed E-state index contributed by atoms with van der Waals surface area (Å²) in [7, 11) is 0. The third-order valence-electron chi connectivity index (χ3n) is 2.58. The number of halogens is 2. The van der Waals surface area contributed by atoms with Crippen LogP contribution in [0.25, 0.3) is 0 Å². The summed E-state index contributed by atoms with van der Waals surface area (Å²) in [6.45, 7) is 2.50. The highest BCUT2D eigenvalue weighted by Gasteiger charge is 2.36. The van der Waals surface area contributed by atoms with Crippen molar-refractivity contribution < 1.29 is 8.78 Å². The standard InChI is InChI=1S/C10H22F2N2/c1-2-10(11,12)9(5-3-7-13)6-4-8-14/h9H,2-8,13-14H2,1H3. The lowest BCUT2D eigenvalue weighted by molar-refractivity contribution is -0.0679. The molecule has 0 radical (unpaired) electrons. The number of hydrogen-bond acceptors (Lipinski definition) is 2. The van der Waals surface area contributed by atoms with Gasteiger partial charge in [-0.1, -0.05) is 6.92 Å². The lowest BCUT2D eigenvalue weighted by Gasteiger charge is -2.25. The highest BCUT2D eigenvalue weighted by Crippen LogP contribution is 2.34. The minimum atomic E-state index is -2.55. The smallest absolute Gasteiger partial charge is 0.250 e. The third kappa shape index (κ3) is 4.86. The number of alkyl halides is 2. The van der Waals surface area contributed by atoms with E-state index in [1.165, 1.54) is 6.92 Å². The Labute approximate surface area is 85.0 Å². The lowest BCUT2D eigenvalue weighted by Crippen LogP contribution is -2.28. The zero-order chi connectivity index (χ0) is 11.0. The number of hydrogen-bond donors (Lipinski definition) is 2. The van der Waals surface area contributed by atoms with Gasteiger partial charge in [0.05, 0.1) is 0 Å². The molecule has 0 atom stereocenters. The van der Waals surface area contributed by atoms with E-state index in [1.54, 1.807) is 0 Å². The summed E-state index contributed by atoms with van der Waals surface area (Å²) in [4.78, 5) is 0. The normalized spacial score (nSPS) is 12.4. The van der Waals surface area contributed by atoms with Crippen LogP contribution in [0.5, 0.6) is 0 Å². The molecule has 14 heavy (non-hydrogen) atoms. The zero-order valence-electron chi connectivity index (χ0n) is 8.94. The second kappa shape index (κ2) is 7.12. The van der Waals surface area contributed by atoms with E-state index in [2.05, 4.69) is 0 Å². The number of nitrogens with two attached hydrogens (primary N) is 2. The maximum atomic E-state index is 13.4. The summed E-state index contributed by atoms with van der Waals surface area (Å²) < 4.78 is 26.8. The number of rotatable bonds is 8. The van der Waals surface area contributed by atoms with Crippen molar-refractivity contribution in [2.75, 3.05) is 13.1 Å². The molecule has 0 unspecified atom stereocenters.